The van der Waals surface area contributed by atoms with Crippen molar-refractivity contribution in [2.45, 2.75) is 463 Å². The first kappa shape index (κ1) is 81.4. The van der Waals surface area contributed by atoms with Crippen LogP contribution in [0.4, 0.5) is 0 Å². The third kappa shape index (κ3) is 71.1. The van der Waals surface area contributed by atoms with E-state index in [-0.39, 0.29) is 31.1 Å². The van der Waals surface area contributed by atoms with Crippen molar-refractivity contribution in [3.63, 3.8) is 0 Å². The lowest BCUT2D eigenvalue weighted by molar-refractivity contribution is -0.167. The highest BCUT2D eigenvalue weighted by Gasteiger charge is 2.20. The van der Waals surface area contributed by atoms with Gasteiger partial charge in [-0.25, -0.2) is 0 Å². The van der Waals surface area contributed by atoms with Crippen LogP contribution in [0.3, 0.4) is 0 Å². The fourth-order valence-electron chi connectivity index (χ4n) is 12.3. The van der Waals surface area contributed by atoms with Crippen LogP contribution < -0.4 is 0 Å². The van der Waals surface area contributed by atoms with Crippen LogP contribution in [0, 0.1) is 0 Å². The lowest BCUT2D eigenvalue weighted by Gasteiger charge is -2.18. The zero-order valence-corrected chi connectivity index (χ0v) is 57.0. The Morgan fingerprint density at radius 3 is 0.482 bits per heavy atom. The molecule has 0 radical (unpaired) electrons. The Hall–Kier alpha value is -1.59. The number of carbonyl (C=O) groups is 3. The standard InChI is InChI=1S/C77H150O6/c1-4-7-10-13-16-18-20-22-24-26-28-30-32-34-36-37-38-39-40-41-42-44-45-47-49-51-53-55-57-59-61-64-67-70-76(79)82-73-74(72-81-75(78)69-66-63-15-12-9-6-3)83-77(80)71-68-65-62-60-58-56-54-52-50-48-46-43-35-33-31-29-27-25-23-21-19-17-14-11-8-5-2/h74H,4-73H2,1-3H3. The third-order valence-electron chi connectivity index (χ3n) is 18.1. The van der Waals surface area contributed by atoms with Crippen molar-refractivity contribution in [2.75, 3.05) is 13.2 Å². The summed E-state index contributed by atoms with van der Waals surface area (Å²) in [7, 11) is 0. The maximum absolute atomic E-state index is 12.9. The van der Waals surface area contributed by atoms with E-state index in [2.05, 4.69) is 20.8 Å². The predicted octanol–water partition coefficient (Wildman–Crippen LogP) is 26.6. The van der Waals surface area contributed by atoms with Gasteiger partial charge in [-0.3, -0.25) is 14.4 Å². The summed E-state index contributed by atoms with van der Waals surface area (Å²) >= 11 is 0. The van der Waals surface area contributed by atoms with Gasteiger partial charge in [0.2, 0.25) is 0 Å². The maximum Gasteiger partial charge on any atom is 0.306 e. The van der Waals surface area contributed by atoms with Gasteiger partial charge in [0, 0.05) is 19.3 Å². The molecule has 0 amide bonds. The number of hydrogen-bond acceptors (Lipinski definition) is 6. The molecule has 0 aromatic rings. The van der Waals surface area contributed by atoms with Crippen LogP contribution in [0.1, 0.15) is 457 Å². The molecule has 1 unspecified atom stereocenters. The second-order valence-corrected chi connectivity index (χ2v) is 26.6. The van der Waals surface area contributed by atoms with E-state index in [4.69, 9.17) is 14.2 Å². The lowest BCUT2D eigenvalue weighted by Crippen LogP contribution is -2.30. The highest BCUT2D eigenvalue weighted by molar-refractivity contribution is 5.71. The van der Waals surface area contributed by atoms with Gasteiger partial charge in [-0.1, -0.05) is 419 Å². The Kier molecular flexibility index (Phi) is 71.5. The SMILES string of the molecule is CCCCCCCCCCCCCCCCCCCCCCCCCCCCCCCCCCCC(=O)OCC(COC(=O)CCCCCCCC)OC(=O)CCCCCCCCCCCCCCCCCCCCCCCCCCCC. The Labute approximate surface area is 520 Å². The minimum absolute atomic E-state index is 0.0615. The van der Waals surface area contributed by atoms with Crippen LogP contribution in [0.2, 0.25) is 0 Å². The minimum Gasteiger partial charge on any atom is -0.462 e. The molecule has 0 aromatic heterocycles. The van der Waals surface area contributed by atoms with Crippen LogP contribution in [0.25, 0.3) is 0 Å². The summed E-state index contributed by atoms with van der Waals surface area (Å²) in [5.41, 5.74) is 0. The molecule has 0 aliphatic carbocycles. The number of ether oxygens (including phenoxy) is 3. The molecular weight excluding hydrogens is 1020 g/mol. The summed E-state index contributed by atoms with van der Waals surface area (Å²) in [6.07, 6.45) is 87.9. The van der Waals surface area contributed by atoms with Gasteiger partial charge < -0.3 is 14.2 Å². The van der Waals surface area contributed by atoms with Crippen molar-refractivity contribution in [2.24, 2.45) is 0 Å². The van der Waals surface area contributed by atoms with Gasteiger partial charge in [0.15, 0.2) is 6.10 Å². The lowest BCUT2D eigenvalue weighted by atomic mass is 10.0. The van der Waals surface area contributed by atoms with Crippen molar-refractivity contribution in [1.29, 1.82) is 0 Å². The fourth-order valence-corrected chi connectivity index (χ4v) is 12.3. The average molecular weight is 1170 g/mol. The normalized spacial score (nSPS) is 11.9. The first-order valence-electron chi connectivity index (χ1n) is 38.5. The van der Waals surface area contributed by atoms with Gasteiger partial charge in [0.1, 0.15) is 13.2 Å². The largest absolute Gasteiger partial charge is 0.462 e. The highest BCUT2D eigenvalue weighted by Crippen LogP contribution is 2.20. The Morgan fingerprint density at radius 2 is 0.325 bits per heavy atom. The van der Waals surface area contributed by atoms with E-state index in [1.807, 2.05) is 0 Å². The average Bonchev–Trinajstić information content (AvgIpc) is 3.49. The zero-order chi connectivity index (χ0) is 59.9. The van der Waals surface area contributed by atoms with E-state index in [0.717, 1.165) is 57.8 Å². The summed E-state index contributed by atoms with van der Waals surface area (Å²) in [6, 6.07) is 0. The van der Waals surface area contributed by atoms with Crippen molar-refractivity contribution in [3.8, 4) is 0 Å². The number of hydrogen-bond donors (Lipinski definition) is 0. The first-order valence-corrected chi connectivity index (χ1v) is 38.5. The Bertz CT molecular complexity index is 1250. The van der Waals surface area contributed by atoms with Gasteiger partial charge in [0.25, 0.3) is 0 Å². The number of rotatable bonds is 73. The van der Waals surface area contributed by atoms with E-state index >= 15 is 0 Å². The monoisotopic (exact) mass is 1170 g/mol. The van der Waals surface area contributed by atoms with E-state index in [1.165, 1.54) is 360 Å². The molecule has 0 N–H and O–H groups in total. The summed E-state index contributed by atoms with van der Waals surface area (Å²) in [5, 5.41) is 0. The van der Waals surface area contributed by atoms with E-state index < -0.39 is 6.10 Å². The fraction of sp³-hybridized carbons (Fsp3) is 0.961. The molecule has 1 atom stereocenters. The molecule has 0 aliphatic heterocycles. The molecule has 0 fully saturated rings. The second-order valence-electron chi connectivity index (χ2n) is 26.6. The molecule has 0 heterocycles. The number of carbonyl (C=O) groups excluding carboxylic acids is 3. The molecule has 6 nitrogen and oxygen atoms in total. The van der Waals surface area contributed by atoms with Crippen molar-refractivity contribution in [1.82, 2.24) is 0 Å². The first-order chi connectivity index (χ1) is 41.0. The quantitative estimate of drug-likeness (QED) is 0.0343. The van der Waals surface area contributed by atoms with E-state index in [0.29, 0.717) is 19.3 Å². The van der Waals surface area contributed by atoms with E-state index in [9.17, 15) is 14.4 Å². The molecule has 0 saturated heterocycles. The van der Waals surface area contributed by atoms with Crippen LogP contribution >= 0.6 is 0 Å². The molecule has 0 aromatic carbocycles. The molecule has 0 saturated carbocycles. The van der Waals surface area contributed by atoms with Gasteiger partial charge in [-0.15, -0.1) is 0 Å². The van der Waals surface area contributed by atoms with Gasteiger partial charge in [-0.2, -0.15) is 0 Å². The highest BCUT2D eigenvalue weighted by atomic mass is 16.6. The summed E-state index contributed by atoms with van der Waals surface area (Å²) < 4.78 is 16.9. The zero-order valence-electron chi connectivity index (χ0n) is 57.0. The summed E-state index contributed by atoms with van der Waals surface area (Å²) in [5.74, 6) is -0.834. The van der Waals surface area contributed by atoms with Crippen molar-refractivity contribution >= 4 is 17.9 Å². The van der Waals surface area contributed by atoms with E-state index in [1.54, 1.807) is 0 Å². The minimum atomic E-state index is -0.762. The number of esters is 3. The second kappa shape index (κ2) is 72.9. The maximum atomic E-state index is 12.9. The topological polar surface area (TPSA) is 78.9 Å². The molecule has 83 heavy (non-hydrogen) atoms. The van der Waals surface area contributed by atoms with Gasteiger partial charge in [0.05, 0.1) is 0 Å². The third-order valence-corrected chi connectivity index (χ3v) is 18.1. The molecular formula is C77H150O6. The van der Waals surface area contributed by atoms with Crippen LogP contribution in [-0.4, -0.2) is 37.2 Å². The molecule has 0 rings (SSSR count). The van der Waals surface area contributed by atoms with Crippen molar-refractivity contribution in [3.05, 3.63) is 0 Å². The molecule has 494 valence electrons. The smallest absolute Gasteiger partial charge is 0.306 e. The van der Waals surface area contributed by atoms with Gasteiger partial charge >= 0.3 is 17.9 Å². The van der Waals surface area contributed by atoms with Crippen LogP contribution in [0.15, 0.2) is 0 Å². The molecule has 0 spiro atoms. The molecule has 0 bridgehead atoms. The Morgan fingerprint density at radius 1 is 0.193 bits per heavy atom. The Balaban J connectivity index is 3.88. The van der Waals surface area contributed by atoms with Crippen LogP contribution in [-0.2, 0) is 28.6 Å². The van der Waals surface area contributed by atoms with Gasteiger partial charge in [-0.05, 0) is 19.3 Å². The summed E-state index contributed by atoms with van der Waals surface area (Å²) in [6.45, 7) is 6.68. The van der Waals surface area contributed by atoms with Crippen LogP contribution in [0.5, 0.6) is 0 Å². The number of unbranched alkanes of at least 4 members (excludes halogenated alkanes) is 62. The predicted molar refractivity (Wildman–Crippen MR) is 363 cm³/mol. The summed E-state index contributed by atoms with van der Waals surface area (Å²) in [4.78, 5) is 38.2. The molecule has 6 heteroatoms. The van der Waals surface area contributed by atoms with Crippen molar-refractivity contribution < 1.29 is 28.6 Å². The molecule has 0 aliphatic rings.